The molecule has 0 aliphatic rings. The number of rotatable bonds is 5. The minimum absolute atomic E-state index is 0.282. The van der Waals surface area contributed by atoms with E-state index in [4.69, 9.17) is 0 Å². The first-order valence-electron chi connectivity index (χ1n) is 9.16. The number of aromatic nitrogens is 3. The molecule has 4 rings (SSSR count). The van der Waals surface area contributed by atoms with Crippen LogP contribution >= 0.6 is 0 Å². The van der Waals surface area contributed by atoms with Crippen molar-refractivity contribution in [3.63, 3.8) is 0 Å². The van der Waals surface area contributed by atoms with E-state index >= 15 is 0 Å². The maximum absolute atomic E-state index is 12.3. The molecule has 1 N–H and O–H groups in total. The largest absolute Gasteiger partial charge is 0.337 e. The maximum Gasteiger partial charge on any atom is 0.337 e. The Hall–Kier alpha value is -4.00. The Morgan fingerprint density at radius 3 is 2.76 bits per heavy atom. The van der Waals surface area contributed by atoms with Crippen LogP contribution in [0, 0.1) is 0 Å². The van der Waals surface area contributed by atoms with Crippen LogP contribution in [0.3, 0.4) is 0 Å². The zero-order valence-electron chi connectivity index (χ0n) is 15.9. The zero-order chi connectivity index (χ0) is 20.1. The number of nitrogens with zero attached hydrogens (tertiary/aromatic N) is 5. The molecule has 0 fully saturated rings. The third-order valence-electron chi connectivity index (χ3n) is 4.50. The van der Waals surface area contributed by atoms with E-state index in [9.17, 15) is 4.79 Å². The molecule has 29 heavy (non-hydrogen) atoms. The number of benzene rings is 1. The highest BCUT2D eigenvalue weighted by Gasteiger charge is 2.08. The molecule has 3 heterocycles. The number of hydrogen-bond donors (Lipinski definition) is 1. The topological polar surface area (TPSA) is 74.9 Å². The Morgan fingerprint density at radius 2 is 1.97 bits per heavy atom. The molecule has 0 saturated heterocycles. The number of imidazole rings is 1. The van der Waals surface area contributed by atoms with Gasteiger partial charge in [-0.3, -0.25) is 9.38 Å². The van der Waals surface area contributed by atoms with Crippen molar-refractivity contribution >= 4 is 17.9 Å². The van der Waals surface area contributed by atoms with Gasteiger partial charge in [0.05, 0.1) is 18.1 Å². The molecule has 7 heteroatoms. The van der Waals surface area contributed by atoms with Gasteiger partial charge in [0, 0.05) is 43.3 Å². The van der Waals surface area contributed by atoms with Crippen LogP contribution in [0.2, 0.25) is 0 Å². The first-order chi connectivity index (χ1) is 14.2. The van der Waals surface area contributed by atoms with Crippen LogP contribution in [0.4, 0.5) is 4.79 Å². The zero-order valence-corrected chi connectivity index (χ0v) is 15.9. The molecule has 3 aromatic heterocycles. The molecule has 0 aliphatic heterocycles. The summed E-state index contributed by atoms with van der Waals surface area (Å²) < 4.78 is 1.92. The van der Waals surface area contributed by atoms with E-state index in [2.05, 4.69) is 20.5 Å². The second kappa shape index (κ2) is 8.35. The molecule has 4 aromatic rings. The van der Waals surface area contributed by atoms with Gasteiger partial charge in [-0.15, -0.1) is 0 Å². The molecule has 0 atom stereocenters. The number of amides is 2. The molecule has 0 radical (unpaired) electrons. The average molecular weight is 384 g/mol. The lowest BCUT2D eigenvalue weighted by atomic mass is 10.1. The van der Waals surface area contributed by atoms with Gasteiger partial charge in [-0.05, 0) is 23.8 Å². The Balaban J connectivity index is 1.46. The third kappa shape index (κ3) is 4.30. The van der Waals surface area contributed by atoms with Crippen molar-refractivity contribution in [2.24, 2.45) is 5.10 Å². The molecular formula is C22H20N6O. The van der Waals surface area contributed by atoms with Crippen molar-refractivity contribution < 1.29 is 4.79 Å². The fourth-order valence-corrected chi connectivity index (χ4v) is 2.97. The van der Waals surface area contributed by atoms with Crippen molar-refractivity contribution in [1.29, 1.82) is 0 Å². The number of nitrogens with one attached hydrogen (secondary N) is 1. The van der Waals surface area contributed by atoms with Gasteiger partial charge in [0.25, 0.3) is 0 Å². The predicted octanol–water partition coefficient (Wildman–Crippen LogP) is 3.57. The number of pyridine rings is 2. The lowest BCUT2D eigenvalue weighted by Crippen LogP contribution is -2.34. The minimum Gasteiger partial charge on any atom is -0.322 e. The molecule has 0 bridgehead atoms. The van der Waals surface area contributed by atoms with Crippen LogP contribution in [-0.2, 0) is 6.54 Å². The van der Waals surface area contributed by atoms with Crippen LogP contribution in [0.5, 0.6) is 0 Å². The number of carbonyl (C=O) groups is 1. The lowest BCUT2D eigenvalue weighted by Gasteiger charge is -2.15. The average Bonchev–Trinajstić information content (AvgIpc) is 3.17. The van der Waals surface area contributed by atoms with Crippen molar-refractivity contribution in [2.75, 3.05) is 7.05 Å². The first-order valence-corrected chi connectivity index (χ1v) is 9.16. The SMILES string of the molecule is CN(Cc1ccccc1)C(=O)NN=Cc1cnc2ccc(-c3cccnc3)cn12. The Bertz CT molecular complexity index is 1140. The van der Waals surface area contributed by atoms with Crippen molar-refractivity contribution in [3.05, 3.63) is 90.6 Å². The maximum atomic E-state index is 12.3. The number of urea groups is 1. The second-order valence-corrected chi connectivity index (χ2v) is 6.59. The monoisotopic (exact) mass is 384 g/mol. The van der Waals surface area contributed by atoms with Gasteiger partial charge in [-0.25, -0.2) is 15.2 Å². The second-order valence-electron chi connectivity index (χ2n) is 6.59. The predicted molar refractivity (Wildman–Crippen MR) is 112 cm³/mol. The van der Waals surface area contributed by atoms with Gasteiger partial charge in [0.1, 0.15) is 5.65 Å². The number of fused-ring (bicyclic) bond motifs is 1. The normalized spacial score (nSPS) is 11.1. The lowest BCUT2D eigenvalue weighted by molar-refractivity contribution is 0.207. The van der Waals surface area contributed by atoms with E-state index in [-0.39, 0.29) is 6.03 Å². The highest BCUT2D eigenvalue weighted by Crippen LogP contribution is 2.19. The summed E-state index contributed by atoms with van der Waals surface area (Å²) in [5.41, 5.74) is 7.20. The van der Waals surface area contributed by atoms with Crippen LogP contribution < -0.4 is 5.43 Å². The number of hydrazone groups is 1. The molecule has 0 unspecified atom stereocenters. The Morgan fingerprint density at radius 1 is 1.10 bits per heavy atom. The van der Waals surface area contributed by atoms with E-state index < -0.39 is 0 Å². The van der Waals surface area contributed by atoms with Gasteiger partial charge in [0.15, 0.2) is 0 Å². The van der Waals surface area contributed by atoms with Crippen LogP contribution in [0.25, 0.3) is 16.8 Å². The molecular weight excluding hydrogens is 364 g/mol. The summed E-state index contributed by atoms with van der Waals surface area (Å²) in [6.45, 7) is 0.506. The van der Waals surface area contributed by atoms with Crippen molar-refractivity contribution in [2.45, 2.75) is 6.54 Å². The first kappa shape index (κ1) is 18.4. The van der Waals surface area contributed by atoms with E-state index in [1.54, 1.807) is 30.6 Å². The molecule has 0 aliphatic carbocycles. The molecule has 2 amide bonds. The number of carbonyl (C=O) groups excluding carboxylic acids is 1. The molecule has 144 valence electrons. The van der Waals surface area contributed by atoms with Crippen molar-refractivity contribution in [1.82, 2.24) is 24.7 Å². The fourth-order valence-electron chi connectivity index (χ4n) is 2.97. The van der Waals surface area contributed by atoms with E-state index in [1.807, 2.05) is 71.4 Å². The van der Waals surface area contributed by atoms with Crippen LogP contribution in [0.1, 0.15) is 11.3 Å². The summed E-state index contributed by atoms with van der Waals surface area (Å²) >= 11 is 0. The molecule has 7 nitrogen and oxygen atoms in total. The van der Waals surface area contributed by atoms with Crippen LogP contribution in [0.15, 0.2) is 84.5 Å². The number of hydrogen-bond acceptors (Lipinski definition) is 4. The molecule has 0 spiro atoms. The summed E-state index contributed by atoms with van der Waals surface area (Å²) in [5, 5.41) is 4.09. The fraction of sp³-hybridized carbons (Fsp3) is 0.0909. The van der Waals surface area contributed by atoms with Crippen LogP contribution in [-0.4, -0.2) is 38.6 Å². The van der Waals surface area contributed by atoms with Gasteiger partial charge >= 0.3 is 6.03 Å². The summed E-state index contributed by atoms with van der Waals surface area (Å²) in [7, 11) is 1.73. The van der Waals surface area contributed by atoms with Crippen molar-refractivity contribution in [3.8, 4) is 11.1 Å². The van der Waals surface area contributed by atoms with Gasteiger partial charge in [-0.2, -0.15) is 5.10 Å². The summed E-state index contributed by atoms with van der Waals surface area (Å²) in [4.78, 5) is 22.4. The minimum atomic E-state index is -0.282. The molecule has 1 aromatic carbocycles. The Kier molecular flexibility index (Phi) is 5.29. The highest BCUT2D eigenvalue weighted by molar-refractivity contribution is 5.81. The standard InChI is InChI=1S/C22H20N6O/c1-27(15-17-6-3-2-4-7-17)22(29)26-25-14-20-13-24-21-10-9-19(16-28(20)21)18-8-5-11-23-12-18/h2-14,16H,15H2,1H3,(H,26,29). The quantitative estimate of drug-likeness (QED) is 0.422. The summed E-state index contributed by atoms with van der Waals surface area (Å²) in [6.07, 6.45) is 8.83. The smallest absolute Gasteiger partial charge is 0.322 e. The van der Waals surface area contributed by atoms with Gasteiger partial charge in [-0.1, -0.05) is 36.4 Å². The van der Waals surface area contributed by atoms with Gasteiger partial charge < -0.3 is 4.90 Å². The Labute approximate surface area is 168 Å². The van der Waals surface area contributed by atoms with E-state index in [0.717, 1.165) is 28.0 Å². The van der Waals surface area contributed by atoms with E-state index in [1.165, 1.54) is 0 Å². The molecule has 0 saturated carbocycles. The summed E-state index contributed by atoms with van der Waals surface area (Å²) in [6, 6.07) is 17.4. The third-order valence-corrected chi connectivity index (χ3v) is 4.50. The summed E-state index contributed by atoms with van der Waals surface area (Å²) in [5.74, 6) is 0. The van der Waals surface area contributed by atoms with Gasteiger partial charge in [0.2, 0.25) is 0 Å². The highest BCUT2D eigenvalue weighted by atomic mass is 16.2. The van der Waals surface area contributed by atoms with E-state index in [0.29, 0.717) is 6.54 Å².